The van der Waals surface area contributed by atoms with E-state index in [9.17, 15) is 0 Å². The number of nitrogens with two attached hydrogens (primary N) is 1. The van der Waals surface area contributed by atoms with Crippen LogP contribution in [0.25, 0.3) is 11.4 Å². The molecule has 0 saturated heterocycles. The third kappa shape index (κ3) is 2.01. The molecule has 0 saturated carbocycles. The Morgan fingerprint density at radius 2 is 2.06 bits per heavy atom. The second-order valence-corrected chi connectivity index (χ2v) is 3.42. The second-order valence-electron chi connectivity index (χ2n) is 3.42. The first-order valence-corrected chi connectivity index (χ1v) is 5.23. The van der Waals surface area contributed by atoms with Gasteiger partial charge in [-0.2, -0.15) is 0 Å². The number of hydrazine groups is 1. The van der Waals surface area contributed by atoms with Crippen LogP contribution in [-0.2, 0) is 6.42 Å². The average molecular weight is 214 g/mol. The summed E-state index contributed by atoms with van der Waals surface area (Å²) in [5, 5.41) is 0. The minimum absolute atomic E-state index is 0.621. The van der Waals surface area contributed by atoms with Crippen molar-refractivity contribution in [3.8, 4) is 11.4 Å². The first kappa shape index (κ1) is 10.6. The maximum absolute atomic E-state index is 5.33. The topological polar surface area (TPSA) is 63.8 Å². The van der Waals surface area contributed by atoms with E-state index < -0.39 is 0 Å². The molecule has 0 radical (unpaired) electrons. The molecule has 0 aliphatic rings. The highest BCUT2D eigenvalue weighted by molar-refractivity contribution is 5.61. The smallest absolute Gasteiger partial charge is 0.161 e. The van der Waals surface area contributed by atoms with Crippen LogP contribution in [0.4, 0.5) is 5.82 Å². The number of nitrogens with one attached hydrogen (secondary N) is 1. The summed E-state index contributed by atoms with van der Waals surface area (Å²) < 4.78 is 0. The average Bonchev–Trinajstić information content (AvgIpc) is 2.38. The number of nitrogens with zero attached hydrogens (tertiary/aromatic N) is 2. The van der Waals surface area contributed by atoms with Gasteiger partial charge in [-0.25, -0.2) is 15.8 Å². The summed E-state index contributed by atoms with van der Waals surface area (Å²) in [4.78, 5) is 8.58. The van der Waals surface area contributed by atoms with Gasteiger partial charge in [0.1, 0.15) is 5.82 Å². The lowest BCUT2D eigenvalue weighted by molar-refractivity contribution is 1.10. The Bertz CT molecular complexity index is 482. The highest BCUT2D eigenvalue weighted by Crippen LogP contribution is 2.21. The fourth-order valence-corrected chi connectivity index (χ4v) is 1.62. The van der Waals surface area contributed by atoms with Gasteiger partial charge in [-0.1, -0.05) is 31.2 Å². The predicted octanol–water partition coefficient (Wildman–Crippen LogP) is 1.99. The predicted molar refractivity (Wildman–Crippen MR) is 64.7 cm³/mol. The molecule has 0 aliphatic heterocycles. The number of hydrogen-bond donors (Lipinski definition) is 2. The summed E-state index contributed by atoms with van der Waals surface area (Å²) in [5.41, 5.74) is 4.81. The van der Waals surface area contributed by atoms with Crippen LogP contribution in [0.1, 0.15) is 12.5 Å². The van der Waals surface area contributed by atoms with Crippen LogP contribution >= 0.6 is 0 Å². The van der Waals surface area contributed by atoms with Crippen molar-refractivity contribution in [3.63, 3.8) is 0 Å². The lowest BCUT2D eigenvalue weighted by Gasteiger charge is -2.07. The van der Waals surface area contributed by atoms with Gasteiger partial charge in [0.2, 0.25) is 0 Å². The van der Waals surface area contributed by atoms with E-state index in [1.165, 1.54) is 5.56 Å². The van der Waals surface area contributed by atoms with Crippen molar-refractivity contribution in [3.05, 3.63) is 42.1 Å². The highest BCUT2D eigenvalue weighted by atomic mass is 15.3. The molecule has 4 heteroatoms. The third-order valence-electron chi connectivity index (χ3n) is 2.44. The van der Waals surface area contributed by atoms with Gasteiger partial charge in [-0.15, -0.1) is 0 Å². The van der Waals surface area contributed by atoms with Gasteiger partial charge in [0.05, 0.1) is 0 Å². The fraction of sp³-hybridized carbons (Fsp3) is 0.167. The standard InChI is InChI=1S/C12H14N4/c1-2-9-5-3-4-6-10(9)12-14-8-7-11(15-12)16-13/h3-8H,2,13H2,1H3,(H,14,15,16). The van der Waals surface area contributed by atoms with Crippen LogP contribution in [0.5, 0.6) is 0 Å². The maximum Gasteiger partial charge on any atom is 0.161 e. The van der Waals surface area contributed by atoms with Gasteiger partial charge < -0.3 is 5.43 Å². The van der Waals surface area contributed by atoms with Crippen molar-refractivity contribution in [1.82, 2.24) is 9.97 Å². The van der Waals surface area contributed by atoms with Crippen LogP contribution in [0, 0.1) is 0 Å². The van der Waals surface area contributed by atoms with Gasteiger partial charge in [-0.05, 0) is 12.0 Å². The molecule has 0 amide bonds. The van der Waals surface area contributed by atoms with Crippen molar-refractivity contribution in [2.45, 2.75) is 13.3 Å². The molecule has 0 spiro atoms. The molecule has 0 aliphatic carbocycles. The first-order chi connectivity index (χ1) is 7.85. The summed E-state index contributed by atoms with van der Waals surface area (Å²) in [6.45, 7) is 2.11. The lowest BCUT2D eigenvalue weighted by atomic mass is 10.0. The zero-order chi connectivity index (χ0) is 11.4. The zero-order valence-electron chi connectivity index (χ0n) is 9.14. The number of nitrogen functional groups attached to an aromatic ring is 1. The SMILES string of the molecule is CCc1ccccc1-c1nccc(NN)n1. The van der Waals surface area contributed by atoms with Gasteiger partial charge in [0, 0.05) is 17.8 Å². The molecule has 0 atom stereocenters. The largest absolute Gasteiger partial charge is 0.308 e. The van der Waals surface area contributed by atoms with Crippen LogP contribution in [0.3, 0.4) is 0 Å². The van der Waals surface area contributed by atoms with E-state index in [0.29, 0.717) is 11.6 Å². The minimum Gasteiger partial charge on any atom is -0.308 e. The van der Waals surface area contributed by atoms with Gasteiger partial charge in [0.15, 0.2) is 5.82 Å². The number of hydrogen-bond acceptors (Lipinski definition) is 4. The molecule has 0 bridgehead atoms. The van der Waals surface area contributed by atoms with Crippen molar-refractivity contribution in [1.29, 1.82) is 0 Å². The molecule has 3 N–H and O–H groups in total. The molecule has 2 aromatic rings. The van der Waals surface area contributed by atoms with E-state index in [1.807, 2.05) is 18.2 Å². The van der Waals surface area contributed by atoms with Crippen LogP contribution in [0.15, 0.2) is 36.5 Å². The molecule has 4 nitrogen and oxygen atoms in total. The van der Waals surface area contributed by atoms with Gasteiger partial charge in [0.25, 0.3) is 0 Å². The minimum atomic E-state index is 0.621. The fourth-order valence-electron chi connectivity index (χ4n) is 1.62. The van der Waals surface area contributed by atoms with Crippen molar-refractivity contribution in [2.75, 3.05) is 5.43 Å². The van der Waals surface area contributed by atoms with Crippen LogP contribution in [0.2, 0.25) is 0 Å². The molecule has 1 aromatic carbocycles. The summed E-state index contributed by atoms with van der Waals surface area (Å²) in [6, 6.07) is 9.85. The normalized spacial score (nSPS) is 10.1. The summed E-state index contributed by atoms with van der Waals surface area (Å²) in [5.74, 6) is 6.65. The Hall–Kier alpha value is -1.94. The molecule has 1 heterocycles. The zero-order valence-corrected chi connectivity index (χ0v) is 9.14. The third-order valence-corrected chi connectivity index (χ3v) is 2.44. The monoisotopic (exact) mass is 214 g/mol. The summed E-state index contributed by atoms with van der Waals surface area (Å²) in [6.07, 6.45) is 2.66. The number of anilines is 1. The van der Waals surface area contributed by atoms with Crippen LogP contribution in [-0.4, -0.2) is 9.97 Å². The van der Waals surface area contributed by atoms with Crippen molar-refractivity contribution >= 4 is 5.82 Å². The van der Waals surface area contributed by atoms with Gasteiger partial charge in [-0.3, -0.25) is 0 Å². The molecule has 0 fully saturated rings. The van der Waals surface area contributed by atoms with E-state index in [-0.39, 0.29) is 0 Å². The van der Waals surface area contributed by atoms with Crippen molar-refractivity contribution < 1.29 is 0 Å². The van der Waals surface area contributed by atoms with E-state index in [0.717, 1.165) is 12.0 Å². The van der Waals surface area contributed by atoms with E-state index in [1.54, 1.807) is 12.3 Å². The van der Waals surface area contributed by atoms with E-state index >= 15 is 0 Å². The Morgan fingerprint density at radius 3 is 2.81 bits per heavy atom. The van der Waals surface area contributed by atoms with Gasteiger partial charge >= 0.3 is 0 Å². The molecule has 1 aromatic heterocycles. The Kier molecular flexibility index (Phi) is 3.12. The number of rotatable bonds is 3. The molecule has 16 heavy (non-hydrogen) atoms. The highest BCUT2D eigenvalue weighted by Gasteiger charge is 2.05. The quantitative estimate of drug-likeness (QED) is 0.606. The molecular weight excluding hydrogens is 200 g/mol. The molecule has 82 valence electrons. The van der Waals surface area contributed by atoms with Crippen molar-refractivity contribution in [2.24, 2.45) is 5.84 Å². The number of benzene rings is 1. The second kappa shape index (κ2) is 4.72. The van der Waals surface area contributed by atoms with E-state index in [2.05, 4.69) is 28.4 Å². The number of aromatic nitrogens is 2. The maximum atomic E-state index is 5.33. The first-order valence-electron chi connectivity index (χ1n) is 5.23. The molecule has 2 rings (SSSR count). The van der Waals surface area contributed by atoms with Crippen LogP contribution < -0.4 is 11.3 Å². The Morgan fingerprint density at radius 1 is 1.25 bits per heavy atom. The van der Waals surface area contributed by atoms with E-state index in [4.69, 9.17) is 5.84 Å². The summed E-state index contributed by atoms with van der Waals surface area (Å²) >= 11 is 0. The molecule has 0 unspecified atom stereocenters. The Balaban J connectivity index is 2.49. The summed E-state index contributed by atoms with van der Waals surface area (Å²) in [7, 11) is 0. The lowest BCUT2D eigenvalue weighted by Crippen LogP contribution is -2.09. The Labute approximate surface area is 94.5 Å². The molecular formula is C12H14N4. The number of aryl methyl sites for hydroxylation is 1.